The monoisotopic (exact) mass is 472 g/mol. The molecule has 4 heterocycles. The summed E-state index contributed by atoms with van der Waals surface area (Å²) in [5.74, 6) is -2.01. The predicted octanol–water partition coefficient (Wildman–Crippen LogP) is 3.85. The van der Waals surface area contributed by atoms with Gasteiger partial charge in [0.2, 0.25) is 5.88 Å². The molecule has 11 heteroatoms. The average Bonchev–Trinajstić information content (AvgIpc) is 3.42. The number of aliphatic carboxylic acids is 1. The molecule has 0 unspecified atom stereocenters. The second-order valence-electron chi connectivity index (χ2n) is 7.74. The SMILES string of the molecule is Cc1cc(C(=O)N2CC[C@]3(C[C@@H](Oc4ccccn4)CO3)C2)sc1C.O=C(O)C(F)(F)F. The van der Waals surface area contributed by atoms with E-state index in [1.807, 2.05) is 36.1 Å². The maximum absolute atomic E-state index is 12.8. The molecule has 4 rings (SSSR count). The van der Waals surface area contributed by atoms with Crippen LogP contribution in [-0.4, -0.2) is 64.4 Å². The predicted molar refractivity (Wildman–Crippen MR) is 110 cm³/mol. The van der Waals surface area contributed by atoms with E-state index < -0.39 is 12.1 Å². The number of aryl methyl sites for hydroxylation is 2. The number of nitrogens with zero attached hydrogens (tertiary/aromatic N) is 2. The summed E-state index contributed by atoms with van der Waals surface area (Å²) >= 11 is 1.58. The highest BCUT2D eigenvalue weighted by molar-refractivity contribution is 7.14. The van der Waals surface area contributed by atoms with E-state index in [1.165, 1.54) is 10.4 Å². The summed E-state index contributed by atoms with van der Waals surface area (Å²) in [4.78, 5) is 29.8. The Bertz CT molecular complexity index is 947. The van der Waals surface area contributed by atoms with Crippen molar-refractivity contribution in [3.63, 3.8) is 0 Å². The van der Waals surface area contributed by atoms with Crippen LogP contribution in [0, 0.1) is 13.8 Å². The van der Waals surface area contributed by atoms with Crippen LogP contribution in [0.15, 0.2) is 30.5 Å². The molecular formula is C21H23F3N2O5S. The first-order chi connectivity index (χ1) is 15.0. The Kier molecular flexibility index (Phi) is 7.09. The molecule has 2 aromatic rings. The zero-order valence-electron chi connectivity index (χ0n) is 17.5. The maximum atomic E-state index is 12.8. The molecule has 1 spiro atoms. The van der Waals surface area contributed by atoms with Gasteiger partial charge < -0.3 is 19.5 Å². The summed E-state index contributed by atoms with van der Waals surface area (Å²) in [6.45, 7) is 6.04. The molecule has 2 atom stereocenters. The number of pyridine rings is 1. The number of thiophene rings is 1. The summed E-state index contributed by atoms with van der Waals surface area (Å²) in [6.07, 6.45) is -1.70. The van der Waals surface area contributed by atoms with Gasteiger partial charge in [-0.25, -0.2) is 9.78 Å². The van der Waals surface area contributed by atoms with Crippen LogP contribution < -0.4 is 4.74 Å². The van der Waals surface area contributed by atoms with Gasteiger partial charge in [0.15, 0.2) is 0 Å². The number of carbonyl (C=O) groups excluding carboxylic acids is 1. The molecule has 0 aromatic carbocycles. The minimum absolute atomic E-state index is 0.00354. The lowest BCUT2D eigenvalue weighted by atomic mass is 9.98. The number of alkyl halides is 3. The summed E-state index contributed by atoms with van der Waals surface area (Å²) in [6, 6.07) is 7.63. The lowest BCUT2D eigenvalue weighted by molar-refractivity contribution is -0.192. The van der Waals surface area contributed by atoms with Crippen LogP contribution in [0.25, 0.3) is 0 Å². The molecule has 7 nitrogen and oxygen atoms in total. The van der Waals surface area contributed by atoms with E-state index in [1.54, 1.807) is 17.5 Å². The van der Waals surface area contributed by atoms with Crippen LogP contribution in [0.3, 0.4) is 0 Å². The normalized spacial score (nSPS) is 22.5. The van der Waals surface area contributed by atoms with Gasteiger partial charge in [-0.15, -0.1) is 11.3 Å². The largest absolute Gasteiger partial charge is 0.490 e. The van der Waals surface area contributed by atoms with E-state index in [0.29, 0.717) is 19.0 Å². The van der Waals surface area contributed by atoms with Crippen molar-refractivity contribution in [2.24, 2.45) is 0 Å². The van der Waals surface area contributed by atoms with Crippen LogP contribution in [0.1, 0.15) is 33.0 Å². The Morgan fingerprint density at radius 2 is 2.06 bits per heavy atom. The molecule has 2 fully saturated rings. The van der Waals surface area contributed by atoms with Gasteiger partial charge in [0, 0.05) is 30.1 Å². The van der Waals surface area contributed by atoms with Gasteiger partial charge in [-0.05, 0) is 38.0 Å². The number of amides is 1. The Hall–Kier alpha value is -2.66. The first-order valence-corrected chi connectivity index (χ1v) is 10.7. The number of hydrogen-bond acceptors (Lipinski definition) is 6. The van der Waals surface area contributed by atoms with Crippen molar-refractivity contribution in [2.45, 2.75) is 44.6 Å². The van der Waals surface area contributed by atoms with Gasteiger partial charge in [0.05, 0.1) is 23.6 Å². The third-order valence-corrected chi connectivity index (χ3v) is 6.46. The summed E-state index contributed by atoms with van der Waals surface area (Å²) in [5, 5.41) is 7.12. The number of likely N-dealkylation sites (tertiary alicyclic amines) is 1. The molecule has 0 radical (unpaired) electrons. The van der Waals surface area contributed by atoms with Crippen LogP contribution >= 0.6 is 11.3 Å². The van der Waals surface area contributed by atoms with Gasteiger partial charge in [-0.1, -0.05) is 6.07 Å². The minimum atomic E-state index is -5.08. The highest BCUT2D eigenvalue weighted by atomic mass is 32.1. The molecule has 1 amide bonds. The Morgan fingerprint density at radius 3 is 2.62 bits per heavy atom. The number of carbonyl (C=O) groups is 2. The third kappa shape index (κ3) is 5.77. The number of halogens is 3. The Balaban J connectivity index is 0.000000360. The third-order valence-electron chi connectivity index (χ3n) is 5.32. The van der Waals surface area contributed by atoms with Gasteiger partial charge in [-0.2, -0.15) is 13.2 Å². The van der Waals surface area contributed by atoms with Crippen LogP contribution in [0.5, 0.6) is 5.88 Å². The molecule has 0 saturated carbocycles. The first kappa shape index (κ1) is 24.0. The number of carboxylic acids is 1. The van der Waals surface area contributed by atoms with Crippen molar-refractivity contribution >= 4 is 23.2 Å². The molecule has 0 aliphatic carbocycles. The first-order valence-electron chi connectivity index (χ1n) is 9.87. The van der Waals surface area contributed by atoms with Gasteiger partial charge in [0.25, 0.3) is 5.91 Å². The lowest BCUT2D eigenvalue weighted by Gasteiger charge is -2.23. The number of carboxylic acid groups (broad SMARTS) is 1. The molecule has 0 bridgehead atoms. The molecule has 32 heavy (non-hydrogen) atoms. The van der Waals surface area contributed by atoms with Crippen molar-refractivity contribution in [3.8, 4) is 5.88 Å². The Morgan fingerprint density at radius 1 is 1.34 bits per heavy atom. The highest BCUT2D eigenvalue weighted by Gasteiger charge is 2.48. The zero-order valence-corrected chi connectivity index (χ0v) is 18.3. The Labute approximate surface area is 186 Å². The van der Waals surface area contributed by atoms with Crippen molar-refractivity contribution in [2.75, 3.05) is 19.7 Å². The van der Waals surface area contributed by atoms with Gasteiger partial charge in [0.1, 0.15) is 6.10 Å². The molecular weight excluding hydrogens is 449 g/mol. The fraction of sp³-hybridized carbons (Fsp3) is 0.476. The number of hydrogen-bond donors (Lipinski definition) is 1. The average molecular weight is 472 g/mol. The zero-order chi connectivity index (χ0) is 23.5. The summed E-state index contributed by atoms with van der Waals surface area (Å²) in [5.41, 5.74) is 0.916. The van der Waals surface area contributed by atoms with Crippen LogP contribution in [0.4, 0.5) is 13.2 Å². The van der Waals surface area contributed by atoms with Gasteiger partial charge >= 0.3 is 12.1 Å². The second-order valence-corrected chi connectivity index (χ2v) is 8.99. The fourth-order valence-corrected chi connectivity index (χ4v) is 4.60. The molecule has 174 valence electrons. The van der Waals surface area contributed by atoms with E-state index in [4.69, 9.17) is 19.4 Å². The molecule has 2 saturated heterocycles. The lowest BCUT2D eigenvalue weighted by Crippen LogP contribution is -2.36. The van der Waals surface area contributed by atoms with E-state index >= 15 is 0 Å². The smallest absolute Gasteiger partial charge is 0.475 e. The molecule has 1 N–H and O–H groups in total. The summed E-state index contributed by atoms with van der Waals surface area (Å²) < 4.78 is 43.7. The fourth-order valence-electron chi connectivity index (χ4n) is 3.60. The van der Waals surface area contributed by atoms with E-state index in [9.17, 15) is 18.0 Å². The standard InChI is InChI=1S/C19H22N2O3S.C2HF3O2/c1-13-9-16(25-14(13)2)18(22)21-8-6-19(12-21)10-15(11-23-19)24-17-5-3-4-7-20-17;3-2(4,5)1(6)7/h3-5,7,9,15H,6,8,10-12H2,1-2H3;(H,6,7)/t15-,19+;/m1./s1. The van der Waals surface area contributed by atoms with Crippen molar-refractivity contribution < 1.29 is 37.3 Å². The van der Waals surface area contributed by atoms with E-state index in [0.717, 1.165) is 24.3 Å². The van der Waals surface area contributed by atoms with Crippen molar-refractivity contribution in [3.05, 3.63) is 45.8 Å². The number of aromatic nitrogens is 1. The van der Waals surface area contributed by atoms with Gasteiger partial charge in [-0.3, -0.25) is 4.79 Å². The van der Waals surface area contributed by atoms with E-state index in [-0.39, 0.29) is 17.6 Å². The van der Waals surface area contributed by atoms with Crippen molar-refractivity contribution in [1.82, 2.24) is 9.88 Å². The number of ether oxygens (including phenoxy) is 2. The van der Waals surface area contributed by atoms with E-state index in [2.05, 4.69) is 11.9 Å². The summed E-state index contributed by atoms with van der Waals surface area (Å²) in [7, 11) is 0. The van der Waals surface area contributed by atoms with Crippen molar-refractivity contribution in [1.29, 1.82) is 0 Å². The molecule has 2 aliphatic heterocycles. The minimum Gasteiger partial charge on any atom is -0.475 e. The molecule has 2 aromatic heterocycles. The highest BCUT2D eigenvalue weighted by Crippen LogP contribution is 2.37. The quantitative estimate of drug-likeness (QED) is 0.730. The molecule has 2 aliphatic rings. The maximum Gasteiger partial charge on any atom is 0.490 e. The number of rotatable bonds is 3. The second kappa shape index (κ2) is 9.45. The van der Waals surface area contributed by atoms with Crippen LogP contribution in [-0.2, 0) is 9.53 Å². The topological polar surface area (TPSA) is 89.0 Å². The van der Waals surface area contributed by atoms with Crippen LogP contribution in [0.2, 0.25) is 0 Å².